The molecule has 0 saturated carbocycles. The van der Waals surface area contributed by atoms with Gasteiger partial charge in [-0.05, 0) is 54.4 Å². The summed E-state index contributed by atoms with van der Waals surface area (Å²) in [5.74, 6) is 1.81. The van der Waals surface area contributed by atoms with Crippen molar-refractivity contribution >= 4 is 15.9 Å². The Morgan fingerprint density at radius 2 is 1.74 bits per heavy atom. The summed E-state index contributed by atoms with van der Waals surface area (Å²) >= 11 is 0. The second-order valence-electron chi connectivity index (χ2n) is 7.75. The molecule has 0 spiro atoms. The van der Waals surface area contributed by atoms with Crippen molar-refractivity contribution in [2.24, 2.45) is 0 Å². The summed E-state index contributed by atoms with van der Waals surface area (Å²) < 4.78 is 41.8. The van der Waals surface area contributed by atoms with E-state index in [2.05, 4.69) is 10.1 Å². The number of carbonyl (C=O) groups excluding carboxylic acids is 1. The van der Waals surface area contributed by atoms with Crippen LogP contribution in [0.3, 0.4) is 0 Å². The SMILES string of the molecule is COc1ccc(-c2noc(CN(C)C(=O)CCc3cc(S(=O)(=O)N(C)C)ccc3OC)n2)cc1. The molecule has 0 aliphatic carbocycles. The van der Waals surface area contributed by atoms with Crippen molar-refractivity contribution in [2.45, 2.75) is 24.3 Å². The molecule has 1 amide bonds. The number of hydrogen-bond acceptors (Lipinski definition) is 8. The van der Waals surface area contributed by atoms with Crippen LogP contribution in [0.4, 0.5) is 0 Å². The maximum atomic E-state index is 12.7. The summed E-state index contributed by atoms with van der Waals surface area (Å²) in [5.41, 5.74) is 1.40. The minimum atomic E-state index is -3.60. The van der Waals surface area contributed by atoms with Crippen LogP contribution in [0.15, 0.2) is 51.9 Å². The van der Waals surface area contributed by atoms with Gasteiger partial charge in [0.1, 0.15) is 11.5 Å². The van der Waals surface area contributed by atoms with Gasteiger partial charge in [0.15, 0.2) is 0 Å². The monoisotopic (exact) mass is 488 g/mol. The van der Waals surface area contributed by atoms with Gasteiger partial charge in [0.25, 0.3) is 0 Å². The molecule has 3 aromatic rings. The molecule has 1 heterocycles. The molecular weight excluding hydrogens is 460 g/mol. The number of ether oxygens (including phenoxy) is 2. The fraction of sp³-hybridized carbons (Fsp3) is 0.348. The maximum Gasteiger partial charge on any atom is 0.246 e. The Bertz CT molecular complexity index is 1240. The molecule has 10 nitrogen and oxygen atoms in total. The summed E-state index contributed by atoms with van der Waals surface area (Å²) in [6, 6.07) is 11.9. The second kappa shape index (κ2) is 10.7. The topological polar surface area (TPSA) is 115 Å². The minimum Gasteiger partial charge on any atom is -0.497 e. The molecule has 2 aromatic carbocycles. The number of aryl methyl sites for hydroxylation is 1. The molecule has 0 unspecified atom stereocenters. The van der Waals surface area contributed by atoms with Gasteiger partial charge in [-0.25, -0.2) is 12.7 Å². The molecule has 0 aliphatic heterocycles. The average Bonchev–Trinajstić information content (AvgIpc) is 3.30. The van der Waals surface area contributed by atoms with Crippen LogP contribution in [-0.2, 0) is 27.8 Å². The highest BCUT2D eigenvalue weighted by Crippen LogP contribution is 2.25. The minimum absolute atomic E-state index is 0.144. The third-order valence-electron chi connectivity index (χ3n) is 5.25. The number of hydrogen-bond donors (Lipinski definition) is 0. The average molecular weight is 489 g/mol. The lowest BCUT2D eigenvalue weighted by Crippen LogP contribution is -2.26. The Hall–Kier alpha value is -3.44. The summed E-state index contributed by atoms with van der Waals surface area (Å²) in [5, 5.41) is 3.98. The second-order valence-corrected chi connectivity index (χ2v) is 9.90. The molecule has 0 radical (unpaired) electrons. The zero-order chi connectivity index (χ0) is 24.9. The van der Waals surface area contributed by atoms with Crippen LogP contribution in [-0.4, -0.2) is 69.0 Å². The number of amides is 1. The normalized spacial score (nSPS) is 11.5. The van der Waals surface area contributed by atoms with E-state index in [0.717, 1.165) is 15.6 Å². The van der Waals surface area contributed by atoms with E-state index >= 15 is 0 Å². The number of methoxy groups -OCH3 is 2. The van der Waals surface area contributed by atoms with Gasteiger partial charge in [0.2, 0.25) is 27.6 Å². The van der Waals surface area contributed by atoms with E-state index in [-0.39, 0.29) is 23.8 Å². The van der Waals surface area contributed by atoms with Gasteiger partial charge in [-0.2, -0.15) is 4.98 Å². The van der Waals surface area contributed by atoms with Crippen molar-refractivity contribution < 1.29 is 27.2 Å². The van der Waals surface area contributed by atoms with E-state index in [0.29, 0.717) is 29.4 Å². The van der Waals surface area contributed by atoms with E-state index in [4.69, 9.17) is 14.0 Å². The molecule has 0 atom stereocenters. The first-order valence-electron chi connectivity index (χ1n) is 10.5. The number of carbonyl (C=O) groups is 1. The third-order valence-corrected chi connectivity index (χ3v) is 7.06. The highest BCUT2D eigenvalue weighted by molar-refractivity contribution is 7.89. The number of sulfonamides is 1. The molecular formula is C23H28N4O6S. The van der Waals surface area contributed by atoms with Crippen molar-refractivity contribution in [3.63, 3.8) is 0 Å². The Labute approximate surface area is 199 Å². The maximum absolute atomic E-state index is 12.7. The van der Waals surface area contributed by atoms with Crippen LogP contribution in [0.2, 0.25) is 0 Å². The molecule has 0 saturated heterocycles. The number of rotatable bonds is 10. The van der Waals surface area contributed by atoms with Crippen molar-refractivity contribution in [1.29, 1.82) is 0 Å². The molecule has 1 aromatic heterocycles. The third kappa shape index (κ3) is 5.72. The zero-order valence-corrected chi connectivity index (χ0v) is 20.6. The van der Waals surface area contributed by atoms with E-state index in [1.54, 1.807) is 38.4 Å². The quantitative estimate of drug-likeness (QED) is 0.428. The van der Waals surface area contributed by atoms with Gasteiger partial charge in [-0.3, -0.25) is 4.79 Å². The predicted molar refractivity (Wildman–Crippen MR) is 125 cm³/mol. The predicted octanol–water partition coefficient (Wildman–Crippen LogP) is 2.60. The lowest BCUT2D eigenvalue weighted by Gasteiger charge is -2.17. The van der Waals surface area contributed by atoms with Crippen molar-refractivity contribution in [1.82, 2.24) is 19.3 Å². The Morgan fingerprint density at radius 1 is 1.03 bits per heavy atom. The van der Waals surface area contributed by atoms with Gasteiger partial charge < -0.3 is 18.9 Å². The number of nitrogens with zero attached hydrogens (tertiary/aromatic N) is 4. The lowest BCUT2D eigenvalue weighted by atomic mass is 10.1. The Kier molecular flexibility index (Phi) is 7.90. The fourth-order valence-corrected chi connectivity index (χ4v) is 4.17. The van der Waals surface area contributed by atoms with Gasteiger partial charge in [-0.15, -0.1) is 0 Å². The van der Waals surface area contributed by atoms with E-state index in [1.807, 2.05) is 12.1 Å². The number of aromatic nitrogens is 2. The molecule has 34 heavy (non-hydrogen) atoms. The standard InChI is InChI=1S/C23H28N4O6S/c1-26(2)34(29,30)19-11-12-20(32-5)17(14-19)8-13-22(28)27(3)15-21-24-23(25-33-21)16-6-9-18(31-4)10-7-16/h6-7,9-12,14H,8,13,15H2,1-5H3. The Balaban J connectivity index is 1.65. The van der Waals surface area contributed by atoms with E-state index < -0.39 is 10.0 Å². The largest absolute Gasteiger partial charge is 0.497 e. The summed E-state index contributed by atoms with van der Waals surface area (Å²) in [7, 11) is 4.07. The Morgan fingerprint density at radius 3 is 2.35 bits per heavy atom. The smallest absolute Gasteiger partial charge is 0.246 e. The first-order valence-corrected chi connectivity index (χ1v) is 11.9. The van der Waals surface area contributed by atoms with Gasteiger partial charge in [0.05, 0.1) is 25.7 Å². The van der Waals surface area contributed by atoms with E-state index in [1.165, 1.54) is 32.2 Å². The van der Waals surface area contributed by atoms with Crippen LogP contribution in [0.5, 0.6) is 11.5 Å². The van der Waals surface area contributed by atoms with Gasteiger partial charge >= 0.3 is 0 Å². The molecule has 182 valence electrons. The van der Waals surface area contributed by atoms with Crippen molar-refractivity contribution in [2.75, 3.05) is 35.4 Å². The summed E-state index contributed by atoms with van der Waals surface area (Å²) in [6.45, 7) is 0.147. The number of benzene rings is 2. The molecule has 0 N–H and O–H groups in total. The highest BCUT2D eigenvalue weighted by Gasteiger charge is 2.20. The molecule has 0 fully saturated rings. The summed E-state index contributed by atoms with van der Waals surface area (Å²) in [4.78, 5) is 18.7. The first kappa shape index (κ1) is 25.2. The van der Waals surface area contributed by atoms with Crippen LogP contribution in [0.1, 0.15) is 17.9 Å². The van der Waals surface area contributed by atoms with Crippen LogP contribution < -0.4 is 9.47 Å². The first-order chi connectivity index (χ1) is 16.1. The highest BCUT2D eigenvalue weighted by atomic mass is 32.2. The van der Waals surface area contributed by atoms with Gasteiger partial charge in [-0.1, -0.05) is 5.16 Å². The molecule has 0 aliphatic rings. The summed E-state index contributed by atoms with van der Waals surface area (Å²) in [6.07, 6.45) is 0.460. The van der Waals surface area contributed by atoms with Crippen LogP contribution in [0.25, 0.3) is 11.4 Å². The molecule has 0 bridgehead atoms. The van der Waals surface area contributed by atoms with Crippen LogP contribution in [0, 0.1) is 0 Å². The van der Waals surface area contributed by atoms with Crippen molar-refractivity contribution in [3.05, 3.63) is 53.9 Å². The van der Waals surface area contributed by atoms with Gasteiger partial charge in [0, 0.05) is 33.1 Å². The fourth-order valence-electron chi connectivity index (χ4n) is 3.22. The van der Waals surface area contributed by atoms with Crippen molar-refractivity contribution in [3.8, 4) is 22.9 Å². The molecule has 3 rings (SSSR count). The van der Waals surface area contributed by atoms with E-state index in [9.17, 15) is 13.2 Å². The zero-order valence-electron chi connectivity index (χ0n) is 19.8. The lowest BCUT2D eigenvalue weighted by molar-refractivity contribution is -0.130. The van der Waals surface area contributed by atoms with Crippen LogP contribution >= 0.6 is 0 Å². The molecule has 11 heteroatoms.